The maximum atomic E-state index is 14.9. The highest BCUT2D eigenvalue weighted by molar-refractivity contribution is 6.16. The molecule has 7 rings (SSSR count). The fraction of sp³-hybridized carbons (Fsp3) is 0.519. The van der Waals surface area contributed by atoms with Crippen molar-refractivity contribution >= 4 is 62.0 Å². The van der Waals surface area contributed by atoms with Crippen LogP contribution in [0.4, 0.5) is 11.4 Å². The number of nitrogens with zero attached hydrogens (tertiary/aromatic N) is 3. The number of anilines is 2. The largest absolute Gasteiger partial charge is 0.507 e. The van der Waals surface area contributed by atoms with E-state index < -0.39 is 93.5 Å². The number of amides is 1. The van der Waals surface area contributed by atoms with Crippen LogP contribution in [0.2, 0.25) is 0 Å². The second-order valence-corrected chi connectivity index (χ2v) is 19.8. The summed E-state index contributed by atoms with van der Waals surface area (Å²) in [7, 11) is 1.44. The first-order chi connectivity index (χ1) is 33.0. The Hall–Kier alpha value is -6.05. The number of piperazine rings is 1. The van der Waals surface area contributed by atoms with Crippen LogP contribution in [-0.4, -0.2) is 124 Å². The van der Waals surface area contributed by atoms with Crippen molar-refractivity contribution in [3.05, 3.63) is 79.5 Å². The lowest BCUT2D eigenvalue weighted by atomic mass is 9.71. The Morgan fingerprint density at radius 1 is 0.943 bits per heavy atom. The molecule has 1 fully saturated rings. The third kappa shape index (κ3) is 9.46. The number of fused-ring (bicyclic) bond motifs is 2. The number of phenolic OH excluding ortho intramolecular Hbond substituents is 1. The number of carbonyl (C=O) groups excluding carboxylic acids is 2. The minimum Gasteiger partial charge on any atom is -0.507 e. The number of aromatic nitrogens is 1. The molecule has 9 atom stereocenters. The number of aliphatic hydroxyl groups excluding tert-OH is 4. The van der Waals surface area contributed by atoms with E-state index in [1.54, 1.807) is 32.9 Å². The van der Waals surface area contributed by atoms with Crippen molar-refractivity contribution in [3.63, 3.8) is 0 Å². The third-order valence-electron chi connectivity index (χ3n) is 14.8. The Morgan fingerprint density at radius 3 is 2.27 bits per heavy atom. The fourth-order valence-electron chi connectivity index (χ4n) is 9.95. The first-order valence-corrected chi connectivity index (χ1v) is 23.7. The van der Waals surface area contributed by atoms with Gasteiger partial charge in [0.05, 0.1) is 41.8 Å². The molecule has 6 N–H and O–H groups in total. The predicted molar refractivity (Wildman–Crippen MR) is 265 cm³/mol. The van der Waals surface area contributed by atoms with Crippen molar-refractivity contribution in [1.82, 2.24) is 9.88 Å². The Morgan fingerprint density at radius 2 is 1.63 bits per heavy atom. The Balaban J connectivity index is 1.47. The summed E-state index contributed by atoms with van der Waals surface area (Å²) in [5, 5.41) is 59.3. The molecule has 1 aromatic heterocycles. The van der Waals surface area contributed by atoms with E-state index in [0.717, 1.165) is 0 Å². The zero-order valence-corrected chi connectivity index (χ0v) is 41.7. The van der Waals surface area contributed by atoms with E-state index in [1.165, 1.54) is 59.3 Å². The van der Waals surface area contributed by atoms with E-state index in [2.05, 4.69) is 10.2 Å². The summed E-state index contributed by atoms with van der Waals surface area (Å²) in [4.78, 5) is 64.6. The molecule has 1 amide bonds. The number of hydrogen-bond acceptors (Lipinski definition) is 17. The second-order valence-electron chi connectivity index (χ2n) is 19.8. The molecule has 4 heterocycles. The van der Waals surface area contributed by atoms with Crippen LogP contribution in [0.25, 0.3) is 38.7 Å². The summed E-state index contributed by atoms with van der Waals surface area (Å²) < 4.78 is 30.6. The number of allylic oxidation sites excluding steroid dienone is 3. The molecule has 4 aromatic rings. The summed E-state index contributed by atoms with van der Waals surface area (Å²) in [5.41, 5.74) is -2.27. The second kappa shape index (κ2) is 20.0. The number of ether oxygens (including phenoxy) is 4. The van der Waals surface area contributed by atoms with Gasteiger partial charge in [-0.25, -0.2) is 4.98 Å². The number of aliphatic hydroxyl groups is 4. The maximum Gasteiger partial charge on any atom is 0.307 e. The number of hydrogen-bond donors (Lipinski definition) is 6. The smallest absolute Gasteiger partial charge is 0.307 e. The topological polar surface area (TPSA) is 251 Å². The van der Waals surface area contributed by atoms with Crippen LogP contribution in [0, 0.1) is 36.0 Å². The van der Waals surface area contributed by atoms with E-state index in [9.17, 15) is 44.7 Å². The lowest BCUT2D eigenvalue weighted by Gasteiger charge is -2.40. The van der Waals surface area contributed by atoms with E-state index in [4.69, 9.17) is 28.3 Å². The van der Waals surface area contributed by atoms with Gasteiger partial charge in [-0.05, 0) is 31.3 Å². The van der Waals surface area contributed by atoms with Gasteiger partial charge in [-0.1, -0.05) is 59.8 Å². The molecule has 0 unspecified atom stereocenters. The highest BCUT2D eigenvalue weighted by Crippen LogP contribution is 2.43. The Bertz CT molecular complexity index is 2970. The van der Waals surface area contributed by atoms with Crippen molar-refractivity contribution in [2.75, 3.05) is 56.7 Å². The van der Waals surface area contributed by atoms with E-state index >= 15 is 0 Å². The van der Waals surface area contributed by atoms with Gasteiger partial charge in [0.15, 0.2) is 22.4 Å². The van der Waals surface area contributed by atoms with Gasteiger partial charge < -0.3 is 59.1 Å². The van der Waals surface area contributed by atoms with E-state index in [1.807, 2.05) is 31.7 Å². The maximum absolute atomic E-state index is 14.9. The number of nitrogens with one attached hydrogen (secondary N) is 1. The summed E-state index contributed by atoms with van der Waals surface area (Å²) in [5.74, 6) is -6.91. The molecule has 4 bridgehead atoms. The zero-order chi connectivity index (χ0) is 51.3. The molecule has 18 heteroatoms. The average Bonchev–Trinajstić information content (AvgIpc) is 3.59. The van der Waals surface area contributed by atoms with Gasteiger partial charge >= 0.3 is 11.8 Å². The van der Waals surface area contributed by atoms with E-state index in [-0.39, 0.29) is 67.4 Å². The minimum atomic E-state index is -2.00. The lowest BCUT2D eigenvalue weighted by Crippen LogP contribution is -2.47. The SMILES string of the molecule is CO[C@H]1/C=C/O[C@@]2(C)Oc3c(C)c(O)c4c(=O)c(c5oc6cc(N7CCN(CCO)CC7)cc(=O)c6nc5c4c3=C2O)NC(=O)/C(C)=C\C=C\C(C)(C)[C@H](C)[C@H](O)[C@@H](C)[C@@H](O)[C@@H](C)[C@H](OC(C)=O)[C@@H]1C. The summed E-state index contributed by atoms with van der Waals surface area (Å²) >= 11 is 0. The summed E-state index contributed by atoms with van der Waals surface area (Å²) in [6.45, 7) is 19.5. The minimum absolute atomic E-state index is 0.00423. The molecule has 18 nitrogen and oxygen atoms in total. The molecular weight excluding hydrogens is 905 g/mol. The van der Waals surface area contributed by atoms with Crippen molar-refractivity contribution in [3.8, 4) is 11.5 Å². The first kappa shape index (κ1) is 51.8. The number of β-amino-alcohol motifs (C(OH)–C–C–N with tert-alkyl or cyclic N) is 1. The molecule has 70 heavy (non-hydrogen) atoms. The van der Waals surface area contributed by atoms with Crippen LogP contribution in [-0.2, 0) is 23.8 Å². The molecule has 378 valence electrons. The van der Waals surface area contributed by atoms with Crippen molar-refractivity contribution in [2.24, 2.45) is 29.1 Å². The number of carbonyl (C=O) groups is 2. The van der Waals surface area contributed by atoms with Gasteiger partial charge in [-0.15, -0.1) is 0 Å². The zero-order valence-electron chi connectivity index (χ0n) is 41.7. The van der Waals surface area contributed by atoms with Crippen molar-refractivity contribution < 1.29 is 58.5 Å². The molecule has 3 aliphatic rings. The van der Waals surface area contributed by atoms with Crippen molar-refractivity contribution in [2.45, 2.75) is 99.4 Å². The van der Waals surface area contributed by atoms with Gasteiger partial charge in [0.2, 0.25) is 10.9 Å². The quantitative estimate of drug-likeness (QED) is 0.0901. The third-order valence-corrected chi connectivity index (χ3v) is 14.8. The van der Waals surface area contributed by atoms with Crippen LogP contribution in [0.5, 0.6) is 11.5 Å². The monoisotopic (exact) mass is 970 g/mol. The molecular formula is C52H66N4O14. The number of benzene rings is 3. The number of esters is 1. The molecule has 0 saturated carbocycles. The Labute approximate surface area is 405 Å². The number of rotatable bonds is 5. The molecule has 0 spiro atoms. The van der Waals surface area contributed by atoms with Gasteiger partial charge in [-0.3, -0.25) is 24.1 Å². The number of aromatic hydroxyl groups is 1. The lowest BCUT2D eigenvalue weighted by molar-refractivity contribution is -0.161. The van der Waals surface area contributed by atoms with Gasteiger partial charge in [0.1, 0.15) is 28.8 Å². The van der Waals surface area contributed by atoms with Crippen LogP contribution < -0.4 is 31.0 Å². The van der Waals surface area contributed by atoms with Crippen LogP contribution >= 0.6 is 0 Å². The molecule has 3 aromatic carbocycles. The Kier molecular flexibility index (Phi) is 14.8. The summed E-state index contributed by atoms with van der Waals surface area (Å²) in [6, 6.07) is 3.07. The van der Waals surface area contributed by atoms with Crippen LogP contribution in [0.15, 0.2) is 62.3 Å². The molecule has 0 radical (unpaired) electrons. The highest BCUT2D eigenvalue weighted by Gasteiger charge is 2.45. The summed E-state index contributed by atoms with van der Waals surface area (Å²) in [6.07, 6.45) is 3.85. The molecule has 3 aliphatic heterocycles. The van der Waals surface area contributed by atoms with E-state index in [0.29, 0.717) is 38.4 Å². The fourth-order valence-corrected chi connectivity index (χ4v) is 9.95. The average molecular weight is 971 g/mol. The van der Waals surface area contributed by atoms with Crippen LogP contribution in [0.3, 0.4) is 0 Å². The van der Waals surface area contributed by atoms with Crippen LogP contribution in [0.1, 0.15) is 67.9 Å². The normalized spacial score (nSPS) is 29.9. The standard InChI is InChI=1S/C52H66N4O14/c1-25-13-12-15-51(8,9)30(6)43(61)27(3)42(60)28(4)46(68-31(7)58)26(2)34(66-11)14-22-67-52(10)49(64)38-36-37(44(62)29(5)47(38)70-52)45(63)41(54-50(25)65)48-40(36)53-39-33(59)23-32(24-35(39)69-48)56-18-16-55(17-19-56)20-21-57/h12-15,22-24,26-28,30,34,42-43,46,57,60-62,64H,16-21H2,1-11H3,(H,54,65)/b15-12+,22-14+,25-13-/t26-,27+,28-,30-,34+,42-,43-,46-,52+/m1/s1. The van der Waals surface area contributed by atoms with Gasteiger partial charge in [0.25, 0.3) is 5.91 Å². The highest BCUT2D eigenvalue weighted by atomic mass is 16.7. The number of phenols is 1. The van der Waals surface area contributed by atoms with Gasteiger partial charge in [-0.2, -0.15) is 0 Å². The van der Waals surface area contributed by atoms with Crippen molar-refractivity contribution in [1.29, 1.82) is 0 Å². The predicted octanol–water partition coefficient (Wildman–Crippen LogP) is 4.70. The number of methoxy groups -OCH3 is 1. The molecule has 1 saturated heterocycles. The molecule has 0 aliphatic carbocycles. The van der Waals surface area contributed by atoms with Gasteiger partial charge in [0, 0.05) is 106 Å². The first-order valence-electron chi connectivity index (χ1n) is 23.7.